The van der Waals surface area contributed by atoms with Crippen molar-refractivity contribution in [3.05, 3.63) is 53.9 Å². The van der Waals surface area contributed by atoms with Crippen molar-refractivity contribution < 1.29 is 8.76 Å². The molecular weight excluding hydrogens is 270 g/mol. The van der Waals surface area contributed by atoms with Crippen molar-refractivity contribution in [3.8, 4) is 11.1 Å². The first-order valence-electron chi connectivity index (χ1n) is 5.35. The van der Waals surface area contributed by atoms with E-state index >= 15 is 0 Å². The van der Waals surface area contributed by atoms with Gasteiger partial charge in [0.1, 0.15) is 0 Å². The third-order valence-electron chi connectivity index (χ3n) is 2.53. The average molecular weight is 281 g/mol. The summed E-state index contributed by atoms with van der Waals surface area (Å²) in [5.74, 6) is 0.443. The third-order valence-corrected chi connectivity index (χ3v) is 3.38. The number of pyridine rings is 1. The van der Waals surface area contributed by atoms with Crippen LogP contribution in [0.1, 0.15) is 11.3 Å². The SMILES string of the molecule is O=S([O-])Cc1ccc(-c2ccc(CCl)nc2)cc1. The second kappa shape index (κ2) is 6.09. The maximum atomic E-state index is 10.6. The highest BCUT2D eigenvalue weighted by Crippen LogP contribution is 2.19. The number of rotatable bonds is 4. The van der Waals surface area contributed by atoms with Gasteiger partial charge in [0.05, 0.1) is 11.6 Å². The van der Waals surface area contributed by atoms with E-state index in [0.29, 0.717) is 5.88 Å². The number of alkyl halides is 1. The molecule has 1 aromatic heterocycles. The molecule has 18 heavy (non-hydrogen) atoms. The second-order valence-electron chi connectivity index (χ2n) is 3.82. The first-order chi connectivity index (χ1) is 8.69. The molecule has 3 nitrogen and oxygen atoms in total. The van der Waals surface area contributed by atoms with Crippen LogP contribution in [0.25, 0.3) is 11.1 Å². The molecule has 2 rings (SSSR count). The summed E-state index contributed by atoms with van der Waals surface area (Å²) < 4.78 is 21.1. The maximum absolute atomic E-state index is 10.6. The molecule has 5 heteroatoms. The van der Waals surface area contributed by atoms with Gasteiger partial charge >= 0.3 is 0 Å². The van der Waals surface area contributed by atoms with Crippen LogP contribution in [0.3, 0.4) is 0 Å². The Morgan fingerprint density at radius 3 is 2.28 bits per heavy atom. The molecule has 1 aromatic carbocycles. The molecule has 1 heterocycles. The van der Waals surface area contributed by atoms with E-state index in [0.717, 1.165) is 22.4 Å². The van der Waals surface area contributed by atoms with Crippen LogP contribution in [-0.2, 0) is 22.7 Å². The Morgan fingerprint density at radius 2 is 1.78 bits per heavy atom. The lowest BCUT2D eigenvalue weighted by molar-refractivity contribution is 0.536. The fourth-order valence-electron chi connectivity index (χ4n) is 1.60. The minimum Gasteiger partial charge on any atom is -0.772 e. The Labute approximate surface area is 113 Å². The monoisotopic (exact) mass is 280 g/mol. The fraction of sp³-hybridized carbons (Fsp3) is 0.154. The van der Waals surface area contributed by atoms with Crippen LogP contribution in [0, 0.1) is 0 Å². The molecule has 0 spiro atoms. The Hall–Kier alpha value is -1.23. The number of aromatic nitrogens is 1. The lowest BCUT2D eigenvalue weighted by Gasteiger charge is -2.06. The summed E-state index contributed by atoms with van der Waals surface area (Å²) in [6.45, 7) is 0. The third kappa shape index (κ3) is 3.38. The van der Waals surface area contributed by atoms with Crippen molar-refractivity contribution in [3.63, 3.8) is 0 Å². The summed E-state index contributed by atoms with van der Waals surface area (Å²) in [4.78, 5) is 4.21. The Balaban J connectivity index is 2.20. The smallest absolute Gasteiger partial charge is 0.0647 e. The van der Waals surface area contributed by atoms with Gasteiger partial charge in [-0.2, -0.15) is 0 Å². The van der Waals surface area contributed by atoms with Gasteiger partial charge in [0.2, 0.25) is 0 Å². The summed E-state index contributed by atoms with van der Waals surface area (Å²) in [5, 5.41) is 0. The number of benzene rings is 1. The molecule has 0 radical (unpaired) electrons. The zero-order valence-corrected chi connectivity index (χ0v) is 11.1. The molecule has 0 fully saturated rings. The summed E-state index contributed by atoms with van der Waals surface area (Å²) in [7, 11) is 0. The van der Waals surface area contributed by atoms with Crippen LogP contribution in [0.4, 0.5) is 0 Å². The number of halogens is 1. The van der Waals surface area contributed by atoms with Crippen molar-refractivity contribution in [2.45, 2.75) is 11.6 Å². The number of hydrogen-bond acceptors (Lipinski definition) is 3. The first-order valence-corrected chi connectivity index (χ1v) is 7.13. The van der Waals surface area contributed by atoms with Gasteiger partial charge in [-0.05, 0) is 17.2 Å². The fourth-order valence-corrected chi connectivity index (χ4v) is 2.23. The Bertz CT molecular complexity index is 540. The molecule has 0 N–H and O–H groups in total. The van der Waals surface area contributed by atoms with Gasteiger partial charge in [-0.3, -0.25) is 9.19 Å². The van der Waals surface area contributed by atoms with Gasteiger partial charge in [-0.1, -0.05) is 41.4 Å². The second-order valence-corrected chi connectivity index (χ2v) is 4.98. The zero-order chi connectivity index (χ0) is 13.0. The summed E-state index contributed by atoms with van der Waals surface area (Å²) in [6.07, 6.45) is 1.76. The van der Waals surface area contributed by atoms with E-state index in [-0.39, 0.29) is 5.75 Å². The van der Waals surface area contributed by atoms with Gasteiger partial charge in [-0.25, -0.2) is 0 Å². The van der Waals surface area contributed by atoms with E-state index in [1.54, 1.807) is 18.3 Å². The molecular formula is C13H11ClNO2S-. The highest BCUT2D eigenvalue weighted by Gasteiger charge is 1.99. The number of hydrogen-bond donors (Lipinski definition) is 0. The summed E-state index contributed by atoms with van der Waals surface area (Å²) in [5.41, 5.74) is 3.60. The van der Waals surface area contributed by atoms with Crippen LogP contribution >= 0.6 is 11.6 Å². The Morgan fingerprint density at radius 1 is 1.11 bits per heavy atom. The molecule has 0 amide bonds. The molecule has 0 aliphatic heterocycles. The topological polar surface area (TPSA) is 53.0 Å². The highest BCUT2D eigenvalue weighted by molar-refractivity contribution is 7.78. The predicted octanol–water partition coefficient (Wildman–Crippen LogP) is 2.87. The molecule has 0 saturated carbocycles. The lowest BCUT2D eigenvalue weighted by atomic mass is 10.1. The summed E-state index contributed by atoms with van der Waals surface area (Å²) >= 11 is 3.62. The molecule has 2 aromatic rings. The van der Waals surface area contributed by atoms with E-state index in [9.17, 15) is 8.76 Å². The quantitative estimate of drug-likeness (QED) is 0.639. The lowest BCUT2D eigenvalue weighted by Crippen LogP contribution is -1.93. The van der Waals surface area contributed by atoms with Gasteiger partial charge in [0, 0.05) is 17.5 Å². The highest BCUT2D eigenvalue weighted by atomic mass is 35.5. The van der Waals surface area contributed by atoms with Crippen molar-refractivity contribution >= 4 is 22.7 Å². The van der Waals surface area contributed by atoms with E-state index in [4.69, 9.17) is 11.6 Å². The molecule has 1 unspecified atom stereocenters. The van der Waals surface area contributed by atoms with E-state index in [1.807, 2.05) is 24.3 Å². The van der Waals surface area contributed by atoms with Crippen molar-refractivity contribution in [1.82, 2.24) is 4.98 Å². The minimum absolute atomic E-state index is 0.0454. The number of nitrogens with zero attached hydrogens (tertiary/aromatic N) is 1. The van der Waals surface area contributed by atoms with Crippen LogP contribution < -0.4 is 0 Å². The molecule has 94 valence electrons. The molecule has 0 aliphatic carbocycles. The van der Waals surface area contributed by atoms with E-state index in [2.05, 4.69) is 4.98 Å². The van der Waals surface area contributed by atoms with Crippen LogP contribution in [0.15, 0.2) is 42.6 Å². The molecule has 0 bridgehead atoms. The van der Waals surface area contributed by atoms with E-state index in [1.165, 1.54) is 0 Å². The summed E-state index contributed by atoms with van der Waals surface area (Å²) in [6, 6.07) is 11.2. The van der Waals surface area contributed by atoms with Crippen molar-refractivity contribution in [2.75, 3.05) is 0 Å². The average Bonchev–Trinajstić information content (AvgIpc) is 2.39. The Kier molecular flexibility index (Phi) is 4.47. The van der Waals surface area contributed by atoms with Crippen LogP contribution in [0.5, 0.6) is 0 Å². The predicted molar refractivity (Wildman–Crippen MR) is 71.9 cm³/mol. The van der Waals surface area contributed by atoms with Crippen molar-refractivity contribution in [1.29, 1.82) is 0 Å². The minimum atomic E-state index is -2.05. The first kappa shape index (κ1) is 13.2. The van der Waals surface area contributed by atoms with Gasteiger partial charge in [0.15, 0.2) is 0 Å². The standard InChI is InChI=1S/C13H12ClNO2S/c14-7-13-6-5-12(8-15-13)11-3-1-10(2-4-11)9-18(16)17/h1-6,8H,7,9H2,(H,16,17)/p-1. The van der Waals surface area contributed by atoms with Crippen LogP contribution in [-0.4, -0.2) is 13.7 Å². The van der Waals surface area contributed by atoms with Gasteiger partial charge in [-0.15, -0.1) is 11.6 Å². The van der Waals surface area contributed by atoms with E-state index < -0.39 is 11.1 Å². The van der Waals surface area contributed by atoms with Crippen LogP contribution in [0.2, 0.25) is 0 Å². The molecule has 1 atom stereocenters. The van der Waals surface area contributed by atoms with Gasteiger partial charge < -0.3 is 4.55 Å². The molecule has 0 saturated heterocycles. The van der Waals surface area contributed by atoms with Gasteiger partial charge in [0.25, 0.3) is 0 Å². The zero-order valence-electron chi connectivity index (χ0n) is 9.51. The molecule has 0 aliphatic rings. The maximum Gasteiger partial charge on any atom is 0.0647 e. The van der Waals surface area contributed by atoms with Crippen molar-refractivity contribution in [2.24, 2.45) is 0 Å². The largest absolute Gasteiger partial charge is 0.772 e. The normalized spacial score (nSPS) is 12.3.